The van der Waals surface area contributed by atoms with Gasteiger partial charge in [0.25, 0.3) is 5.91 Å². The monoisotopic (exact) mass is 297 g/mol. The summed E-state index contributed by atoms with van der Waals surface area (Å²) in [5.41, 5.74) is -0.310. The molecule has 1 aromatic rings. The summed E-state index contributed by atoms with van der Waals surface area (Å²) in [5, 5.41) is 21.5. The van der Waals surface area contributed by atoms with E-state index < -0.39 is 5.91 Å². The average molecular weight is 298 g/mol. The standard InChI is InChI=1S/C12H9Cl2N3O2/c13-7-3-9(14)11(16-5-7)17-12(19)8(4-15)10(18)6-1-2-6/h3,5-6,18H,1-2H2,(H,16,17,19). The third kappa shape index (κ3) is 3.16. The number of hydrogen-bond donors (Lipinski definition) is 2. The lowest BCUT2D eigenvalue weighted by Crippen LogP contribution is -2.17. The molecule has 0 aromatic carbocycles. The first kappa shape index (κ1) is 13.7. The number of carbonyl (C=O) groups is 1. The van der Waals surface area contributed by atoms with Gasteiger partial charge in [-0.15, -0.1) is 0 Å². The molecule has 2 N–H and O–H groups in total. The van der Waals surface area contributed by atoms with Crippen molar-refractivity contribution in [2.24, 2.45) is 5.92 Å². The second-order valence-corrected chi connectivity index (χ2v) is 4.93. The van der Waals surface area contributed by atoms with Crippen molar-refractivity contribution in [3.05, 3.63) is 33.6 Å². The lowest BCUT2D eigenvalue weighted by atomic mass is 10.2. The van der Waals surface area contributed by atoms with E-state index in [1.54, 1.807) is 6.07 Å². The van der Waals surface area contributed by atoms with E-state index in [-0.39, 0.29) is 28.1 Å². The fourth-order valence-electron chi connectivity index (χ4n) is 1.46. The predicted octanol–water partition coefficient (Wildman–Crippen LogP) is 3.07. The zero-order valence-corrected chi connectivity index (χ0v) is 11.2. The first-order chi connectivity index (χ1) is 9.02. The smallest absolute Gasteiger partial charge is 0.270 e. The summed E-state index contributed by atoms with van der Waals surface area (Å²) in [7, 11) is 0. The number of pyridine rings is 1. The normalized spacial score (nSPS) is 15.4. The van der Waals surface area contributed by atoms with Crippen molar-refractivity contribution in [1.29, 1.82) is 5.26 Å². The highest BCUT2D eigenvalue weighted by Crippen LogP contribution is 2.36. The Morgan fingerprint density at radius 2 is 2.21 bits per heavy atom. The number of aliphatic hydroxyl groups is 1. The second-order valence-electron chi connectivity index (χ2n) is 4.08. The van der Waals surface area contributed by atoms with Crippen LogP contribution in [-0.2, 0) is 4.79 Å². The Morgan fingerprint density at radius 3 is 2.74 bits per heavy atom. The number of nitrogens with one attached hydrogen (secondary N) is 1. The van der Waals surface area contributed by atoms with Gasteiger partial charge in [-0.05, 0) is 18.9 Å². The first-order valence-corrected chi connectivity index (χ1v) is 6.24. The first-order valence-electron chi connectivity index (χ1n) is 5.48. The van der Waals surface area contributed by atoms with Gasteiger partial charge in [0.2, 0.25) is 0 Å². The molecule has 0 saturated heterocycles. The minimum absolute atomic E-state index is 0.0888. The quantitative estimate of drug-likeness (QED) is 0.510. The molecular weight excluding hydrogens is 289 g/mol. The van der Waals surface area contributed by atoms with E-state index in [1.807, 2.05) is 0 Å². The van der Waals surface area contributed by atoms with Gasteiger partial charge in [0.05, 0.1) is 10.0 Å². The van der Waals surface area contributed by atoms with E-state index in [1.165, 1.54) is 12.3 Å². The minimum atomic E-state index is -0.733. The number of rotatable bonds is 3. The number of halogens is 2. The number of anilines is 1. The zero-order chi connectivity index (χ0) is 14.0. The maximum atomic E-state index is 11.9. The number of aliphatic hydroxyl groups excluding tert-OH is 1. The highest BCUT2D eigenvalue weighted by atomic mass is 35.5. The third-order valence-electron chi connectivity index (χ3n) is 2.60. The molecule has 1 aromatic heterocycles. The molecule has 0 aliphatic heterocycles. The van der Waals surface area contributed by atoms with E-state index in [2.05, 4.69) is 10.3 Å². The SMILES string of the molecule is N#CC(C(=O)Nc1ncc(Cl)cc1Cl)=C(O)C1CC1. The van der Waals surface area contributed by atoms with Crippen LogP contribution in [0.2, 0.25) is 10.0 Å². The van der Waals surface area contributed by atoms with Crippen LogP contribution in [0.15, 0.2) is 23.6 Å². The summed E-state index contributed by atoms with van der Waals surface area (Å²) in [4.78, 5) is 15.7. The summed E-state index contributed by atoms with van der Waals surface area (Å²) in [6, 6.07) is 3.11. The molecule has 5 nitrogen and oxygen atoms in total. The van der Waals surface area contributed by atoms with E-state index in [9.17, 15) is 9.90 Å². The van der Waals surface area contributed by atoms with Crippen LogP contribution >= 0.6 is 23.2 Å². The van der Waals surface area contributed by atoms with E-state index in [0.717, 1.165) is 12.8 Å². The van der Waals surface area contributed by atoms with Gasteiger partial charge in [-0.25, -0.2) is 4.98 Å². The van der Waals surface area contributed by atoms with Crippen molar-refractivity contribution in [1.82, 2.24) is 4.98 Å². The summed E-state index contributed by atoms with van der Waals surface area (Å²) in [5.74, 6) is -0.907. The molecule has 1 amide bonds. The number of aromatic nitrogens is 1. The Hall–Kier alpha value is -1.77. The fraction of sp³-hybridized carbons (Fsp3) is 0.250. The summed E-state index contributed by atoms with van der Waals surface area (Å²) in [6.07, 6.45) is 2.88. The lowest BCUT2D eigenvalue weighted by molar-refractivity contribution is -0.112. The van der Waals surface area contributed by atoms with Crippen LogP contribution in [0, 0.1) is 17.2 Å². The van der Waals surface area contributed by atoms with Crippen molar-refractivity contribution in [3.63, 3.8) is 0 Å². The summed E-state index contributed by atoms with van der Waals surface area (Å²) < 4.78 is 0. The molecule has 98 valence electrons. The van der Waals surface area contributed by atoms with Gasteiger partial charge in [-0.3, -0.25) is 4.79 Å². The van der Waals surface area contributed by atoms with Gasteiger partial charge in [0.1, 0.15) is 11.8 Å². The van der Waals surface area contributed by atoms with Crippen LogP contribution in [0.5, 0.6) is 0 Å². The molecule has 0 spiro atoms. The maximum Gasteiger partial charge on any atom is 0.270 e. The van der Waals surface area contributed by atoms with Crippen molar-refractivity contribution >= 4 is 34.9 Å². The highest BCUT2D eigenvalue weighted by molar-refractivity contribution is 6.36. The molecule has 0 radical (unpaired) electrons. The average Bonchev–Trinajstić information content (AvgIpc) is 3.17. The molecule has 1 saturated carbocycles. The number of nitrogens with zero attached hydrogens (tertiary/aromatic N) is 2. The van der Waals surface area contributed by atoms with Crippen molar-refractivity contribution in [2.45, 2.75) is 12.8 Å². The number of carbonyl (C=O) groups excluding carboxylic acids is 1. The van der Waals surface area contributed by atoms with E-state index in [4.69, 9.17) is 28.5 Å². The minimum Gasteiger partial charge on any atom is -0.510 e. The Balaban J connectivity index is 2.21. The van der Waals surface area contributed by atoms with E-state index in [0.29, 0.717) is 5.02 Å². The third-order valence-corrected chi connectivity index (χ3v) is 3.09. The van der Waals surface area contributed by atoms with Gasteiger partial charge >= 0.3 is 0 Å². The Kier molecular flexibility index (Phi) is 3.93. The van der Waals surface area contributed by atoms with Crippen molar-refractivity contribution in [3.8, 4) is 6.07 Å². The van der Waals surface area contributed by atoms with Crippen molar-refractivity contribution in [2.75, 3.05) is 5.32 Å². The molecule has 0 unspecified atom stereocenters. The fourth-order valence-corrected chi connectivity index (χ4v) is 1.89. The van der Waals surface area contributed by atoms with Gasteiger partial charge < -0.3 is 10.4 Å². The molecule has 7 heteroatoms. The molecule has 1 fully saturated rings. The second kappa shape index (κ2) is 5.47. The number of nitriles is 1. The number of hydrogen-bond acceptors (Lipinski definition) is 4. The number of allylic oxidation sites excluding steroid dienone is 1. The summed E-state index contributed by atoms with van der Waals surface area (Å²) >= 11 is 11.5. The molecule has 0 atom stereocenters. The molecule has 19 heavy (non-hydrogen) atoms. The zero-order valence-electron chi connectivity index (χ0n) is 9.65. The molecule has 1 aliphatic carbocycles. The highest BCUT2D eigenvalue weighted by Gasteiger charge is 2.31. The van der Waals surface area contributed by atoms with Crippen LogP contribution in [0.4, 0.5) is 5.82 Å². The molecule has 1 aliphatic rings. The molecular formula is C12H9Cl2N3O2. The van der Waals surface area contributed by atoms with Gasteiger partial charge in [0.15, 0.2) is 11.4 Å². The van der Waals surface area contributed by atoms with E-state index >= 15 is 0 Å². The molecule has 1 heterocycles. The lowest BCUT2D eigenvalue weighted by Gasteiger charge is -2.06. The van der Waals surface area contributed by atoms with Crippen LogP contribution in [0.1, 0.15) is 12.8 Å². The predicted molar refractivity (Wildman–Crippen MR) is 70.9 cm³/mol. The van der Waals surface area contributed by atoms with Crippen LogP contribution in [0.3, 0.4) is 0 Å². The molecule has 2 rings (SSSR count). The largest absolute Gasteiger partial charge is 0.510 e. The van der Waals surface area contributed by atoms with Crippen LogP contribution < -0.4 is 5.32 Å². The van der Waals surface area contributed by atoms with Crippen LogP contribution in [0.25, 0.3) is 0 Å². The Bertz CT molecular complexity index is 603. The van der Waals surface area contributed by atoms with Gasteiger partial charge in [-0.2, -0.15) is 5.26 Å². The Labute approximate surface area is 119 Å². The molecule has 0 bridgehead atoms. The topological polar surface area (TPSA) is 86.0 Å². The summed E-state index contributed by atoms with van der Waals surface area (Å²) in [6.45, 7) is 0. The number of amides is 1. The van der Waals surface area contributed by atoms with Gasteiger partial charge in [-0.1, -0.05) is 23.2 Å². The van der Waals surface area contributed by atoms with Crippen molar-refractivity contribution < 1.29 is 9.90 Å². The van der Waals surface area contributed by atoms with Crippen LogP contribution in [-0.4, -0.2) is 16.0 Å². The van der Waals surface area contributed by atoms with Gasteiger partial charge in [0, 0.05) is 12.1 Å². The Morgan fingerprint density at radius 1 is 1.53 bits per heavy atom. The maximum absolute atomic E-state index is 11.9.